The van der Waals surface area contributed by atoms with E-state index in [0.717, 1.165) is 46.5 Å². The molecule has 0 spiro atoms. The summed E-state index contributed by atoms with van der Waals surface area (Å²) in [4.78, 5) is 15.0. The van der Waals surface area contributed by atoms with Crippen LogP contribution in [-0.4, -0.2) is 49.1 Å². The molecule has 4 heterocycles. The molecule has 8 nitrogen and oxygen atoms in total. The number of benzene rings is 1. The van der Waals surface area contributed by atoms with E-state index in [0.29, 0.717) is 10.2 Å². The van der Waals surface area contributed by atoms with Gasteiger partial charge in [-0.25, -0.2) is 19.6 Å². The molecule has 0 unspecified atom stereocenters. The minimum absolute atomic E-state index is 0.242. The van der Waals surface area contributed by atoms with Gasteiger partial charge in [-0.15, -0.1) is 5.10 Å². The zero-order valence-electron chi connectivity index (χ0n) is 14.3. The SMILES string of the molecule is Cn1nnc2ccc3c(NC4CN(c5cc(Cl)ncc5Cl)C4)ncnc3c21. The number of aromatic nitrogens is 6. The van der Waals surface area contributed by atoms with E-state index in [9.17, 15) is 0 Å². The standard InChI is InChI=1S/C17H14Cl2N8/c1-26-16-12(24-25-26)3-2-10-15(16)21-8-22-17(10)23-9-6-27(7-9)13-4-14(19)20-5-11(13)18/h2-5,8-9H,6-7H2,1H3,(H,21,22,23). The zero-order valence-corrected chi connectivity index (χ0v) is 15.8. The van der Waals surface area contributed by atoms with Gasteiger partial charge in [-0.1, -0.05) is 28.4 Å². The third-order valence-electron chi connectivity index (χ3n) is 4.73. The molecule has 4 aromatic rings. The van der Waals surface area contributed by atoms with E-state index in [1.807, 2.05) is 19.2 Å². The number of pyridine rings is 1. The monoisotopic (exact) mass is 400 g/mol. The van der Waals surface area contributed by atoms with Gasteiger partial charge in [0.2, 0.25) is 0 Å². The summed E-state index contributed by atoms with van der Waals surface area (Å²) in [5, 5.41) is 13.7. The van der Waals surface area contributed by atoms with Crippen LogP contribution in [0, 0.1) is 0 Å². The second kappa shape index (κ2) is 6.17. The minimum atomic E-state index is 0.242. The Morgan fingerprint density at radius 3 is 2.85 bits per heavy atom. The van der Waals surface area contributed by atoms with Gasteiger partial charge in [-0.05, 0) is 12.1 Å². The van der Waals surface area contributed by atoms with Crippen molar-refractivity contribution < 1.29 is 0 Å². The Hall–Kier alpha value is -2.71. The summed E-state index contributed by atoms with van der Waals surface area (Å²) in [6.45, 7) is 1.59. The van der Waals surface area contributed by atoms with Crippen molar-refractivity contribution in [2.45, 2.75) is 6.04 Å². The maximum Gasteiger partial charge on any atom is 0.137 e. The first-order valence-corrected chi connectivity index (χ1v) is 9.11. The summed E-state index contributed by atoms with van der Waals surface area (Å²) in [6.07, 6.45) is 3.14. The smallest absolute Gasteiger partial charge is 0.137 e. The van der Waals surface area contributed by atoms with Crippen molar-refractivity contribution in [3.8, 4) is 0 Å². The third-order valence-corrected chi connectivity index (χ3v) is 5.23. The molecule has 1 N–H and O–H groups in total. The molecule has 0 bridgehead atoms. The van der Waals surface area contributed by atoms with Gasteiger partial charge in [0.15, 0.2) is 0 Å². The van der Waals surface area contributed by atoms with Crippen LogP contribution in [0.3, 0.4) is 0 Å². The maximum atomic E-state index is 6.23. The molecule has 3 aromatic heterocycles. The van der Waals surface area contributed by atoms with E-state index in [1.165, 1.54) is 0 Å². The van der Waals surface area contributed by atoms with Gasteiger partial charge in [0.1, 0.15) is 33.8 Å². The summed E-state index contributed by atoms with van der Waals surface area (Å²) < 4.78 is 1.73. The van der Waals surface area contributed by atoms with Gasteiger partial charge in [0, 0.05) is 37.8 Å². The fourth-order valence-corrected chi connectivity index (χ4v) is 3.76. The predicted molar refractivity (Wildman–Crippen MR) is 105 cm³/mol. The minimum Gasteiger partial charge on any atom is -0.366 e. The second-order valence-corrected chi connectivity index (χ2v) is 7.26. The van der Waals surface area contributed by atoms with E-state index < -0.39 is 0 Å². The first kappa shape index (κ1) is 16.5. The van der Waals surface area contributed by atoms with Crippen molar-refractivity contribution >= 4 is 56.6 Å². The molecular weight excluding hydrogens is 387 g/mol. The number of rotatable bonds is 3. The number of fused-ring (bicyclic) bond motifs is 3. The van der Waals surface area contributed by atoms with Crippen LogP contribution >= 0.6 is 23.2 Å². The number of hydrogen-bond donors (Lipinski definition) is 1. The fraction of sp³-hybridized carbons (Fsp3) is 0.235. The van der Waals surface area contributed by atoms with Gasteiger partial charge in [0.05, 0.1) is 16.8 Å². The molecule has 1 aliphatic heterocycles. The van der Waals surface area contributed by atoms with Crippen LogP contribution in [0.4, 0.5) is 11.5 Å². The summed E-state index contributed by atoms with van der Waals surface area (Å²) in [7, 11) is 1.86. The van der Waals surface area contributed by atoms with Crippen LogP contribution in [0.5, 0.6) is 0 Å². The van der Waals surface area contributed by atoms with Crippen LogP contribution in [0.25, 0.3) is 21.9 Å². The number of anilines is 2. The molecule has 1 aromatic carbocycles. The molecule has 1 aliphatic rings. The molecule has 0 amide bonds. The lowest BCUT2D eigenvalue weighted by Gasteiger charge is -2.42. The Kier molecular flexibility index (Phi) is 3.76. The summed E-state index contributed by atoms with van der Waals surface area (Å²) in [5.74, 6) is 0.798. The maximum absolute atomic E-state index is 6.23. The van der Waals surface area contributed by atoms with Crippen molar-refractivity contribution in [2.75, 3.05) is 23.3 Å². The lowest BCUT2D eigenvalue weighted by molar-refractivity contribution is 0.549. The molecule has 5 rings (SSSR count). The Morgan fingerprint density at radius 2 is 2.00 bits per heavy atom. The summed E-state index contributed by atoms with van der Waals surface area (Å²) in [5.41, 5.74) is 3.43. The van der Waals surface area contributed by atoms with Gasteiger partial charge in [0.25, 0.3) is 0 Å². The van der Waals surface area contributed by atoms with Crippen molar-refractivity contribution in [1.29, 1.82) is 0 Å². The molecule has 27 heavy (non-hydrogen) atoms. The predicted octanol–water partition coefficient (Wildman–Crippen LogP) is 2.91. The number of halogens is 2. The number of aryl methyl sites for hydroxylation is 1. The molecule has 0 saturated carbocycles. The highest BCUT2D eigenvalue weighted by atomic mass is 35.5. The quantitative estimate of drug-likeness (QED) is 0.529. The van der Waals surface area contributed by atoms with Gasteiger partial charge in [-0.3, -0.25) is 0 Å². The number of hydrogen-bond acceptors (Lipinski definition) is 7. The Balaban J connectivity index is 1.41. The van der Waals surface area contributed by atoms with Gasteiger partial charge < -0.3 is 10.2 Å². The van der Waals surface area contributed by atoms with E-state index >= 15 is 0 Å². The molecule has 1 saturated heterocycles. The molecule has 1 fully saturated rings. The van der Waals surface area contributed by atoms with Crippen molar-refractivity contribution in [2.24, 2.45) is 7.05 Å². The molecular formula is C17H14Cl2N8. The zero-order chi connectivity index (χ0) is 18.5. The lowest BCUT2D eigenvalue weighted by atomic mass is 10.1. The Morgan fingerprint density at radius 1 is 1.15 bits per heavy atom. The summed E-state index contributed by atoms with van der Waals surface area (Å²) in [6, 6.07) is 5.94. The first-order chi connectivity index (χ1) is 13.1. The van der Waals surface area contributed by atoms with Gasteiger partial charge in [-0.2, -0.15) is 0 Å². The Labute approximate surface area is 164 Å². The van der Waals surface area contributed by atoms with E-state index in [4.69, 9.17) is 23.2 Å². The van der Waals surface area contributed by atoms with E-state index in [-0.39, 0.29) is 6.04 Å². The Bertz CT molecular complexity index is 1170. The third kappa shape index (κ3) is 2.72. The van der Waals surface area contributed by atoms with Crippen LogP contribution in [0.1, 0.15) is 0 Å². The van der Waals surface area contributed by atoms with Crippen molar-refractivity contribution in [1.82, 2.24) is 29.9 Å². The van der Waals surface area contributed by atoms with Crippen LogP contribution in [0.15, 0.2) is 30.7 Å². The van der Waals surface area contributed by atoms with Crippen molar-refractivity contribution in [3.63, 3.8) is 0 Å². The van der Waals surface area contributed by atoms with E-state index in [1.54, 1.807) is 23.3 Å². The van der Waals surface area contributed by atoms with Crippen LogP contribution < -0.4 is 10.2 Å². The number of nitrogens with zero attached hydrogens (tertiary/aromatic N) is 7. The first-order valence-electron chi connectivity index (χ1n) is 8.36. The second-order valence-electron chi connectivity index (χ2n) is 6.47. The van der Waals surface area contributed by atoms with Crippen LogP contribution in [-0.2, 0) is 7.05 Å². The lowest BCUT2D eigenvalue weighted by Crippen LogP contribution is -2.55. The highest BCUT2D eigenvalue weighted by Crippen LogP contribution is 2.32. The van der Waals surface area contributed by atoms with Crippen molar-refractivity contribution in [3.05, 3.63) is 40.9 Å². The molecule has 0 atom stereocenters. The highest BCUT2D eigenvalue weighted by molar-refractivity contribution is 6.34. The average Bonchev–Trinajstić information content (AvgIpc) is 3.02. The molecule has 10 heteroatoms. The normalized spacial score (nSPS) is 14.7. The van der Waals surface area contributed by atoms with Gasteiger partial charge >= 0.3 is 0 Å². The topological polar surface area (TPSA) is 84.7 Å². The number of nitrogens with one attached hydrogen (secondary N) is 1. The molecule has 0 aliphatic carbocycles. The van der Waals surface area contributed by atoms with Crippen LogP contribution in [0.2, 0.25) is 10.2 Å². The molecule has 136 valence electrons. The average molecular weight is 401 g/mol. The summed E-state index contributed by atoms with van der Waals surface area (Å²) >= 11 is 12.2. The molecule has 0 radical (unpaired) electrons. The highest BCUT2D eigenvalue weighted by Gasteiger charge is 2.29. The van der Waals surface area contributed by atoms with E-state index in [2.05, 4.69) is 35.5 Å². The largest absolute Gasteiger partial charge is 0.366 e. The fourth-order valence-electron chi connectivity index (χ4n) is 3.39.